The van der Waals surface area contributed by atoms with Crippen LogP contribution in [0.1, 0.15) is 50.0 Å². The maximum absolute atomic E-state index is 11.9. The number of para-hydroxylation sites is 1. The van der Waals surface area contributed by atoms with E-state index in [2.05, 4.69) is 5.32 Å². The van der Waals surface area contributed by atoms with Crippen LogP contribution in [0, 0.1) is 0 Å². The van der Waals surface area contributed by atoms with Crippen LogP contribution in [0.3, 0.4) is 0 Å². The summed E-state index contributed by atoms with van der Waals surface area (Å²) in [7, 11) is 0. The van der Waals surface area contributed by atoms with Gasteiger partial charge >= 0.3 is 5.97 Å². The van der Waals surface area contributed by atoms with Gasteiger partial charge in [-0.3, -0.25) is 4.79 Å². The van der Waals surface area contributed by atoms with Gasteiger partial charge in [-0.1, -0.05) is 47.5 Å². The van der Waals surface area contributed by atoms with Crippen LogP contribution in [0.4, 0.5) is 0 Å². The molecule has 2 N–H and O–H groups in total. The molecule has 1 fully saturated rings. The Morgan fingerprint density at radius 1 is 1.17 bits per heavy atom. The number of amides is 1. The number of halogens is 2. The zero-order valence-electron chi connectivity index (χ0n) is 16.7. The van der Waals surface area contributed by atoms with Crippen molar-refractivity contribution < 1.29 is 24.2 Å². The lowest BCUT2D eigenvalue weighted by atomic mass is 9.81. The predicted octanol–water partition coefficient (Wildman–Crippen LogP) is 4.94. The molecule has 2 aromatic rings. The van der Waals surface area contributed by atoms with E-state index in [1.54, 1.807) is 30.3 Å². The van der Waals surface area contributed by atoms with E-state index in [0.717, 1.165) is 5.56 Å². The van der Waals surface area contributed by atoms with Crippen molar-refractivity contribution in [3.8, 4) is 5.75 Å². The van der Waals surface area contributed by atoms with E-state index in [4.69, 9.17) is 37.8 Å². The molecule has 0 spiro atoms. The van der Waals surface area contributed by atoms with Gasteiger partial charge in [-0.15, -0.1) is 0 Å². The Balaban J connectivity index is 1.98. The zero-order valence-corrected chi connectivity index (χ0v) is 18.2. The highest BCUT2D eigenvalue weighted by Crippen LogP contribution is 2.47. The SMILES string of the molecule is CC(=O)N[C@@]1(C)C[C@@H](c2ccc(Cl)cc2)O[C@@H](c2cccc(Cl)c2OCC(=O)O)C1. The van der Waals surface area contributed by atoms with Crippen molar-refractivity contribution in [2.45, 2.75) is 44.4 Å². The first-order valence-electron chi connectivity index (χ1n) is 9.49. The van der Waals surface area contributed by atoms with E-state index < -0.39 is 24.2 Å². The van der Waals surface area contributed by atoms with Gasteiger partial charge in [-0.05, 0) is 30.7 Å². The van der Waals surface area contributed by atoms with Gasteiger partial charge in [0.2, 0.25) is 5.91 Å². The molecule has 160 valence electrons. The molecule has 1 amide bonds. The summed E-state index contributed by atoms with van der Waals surface area (Å²) in [5, 5.41) is 13.0. The van der Waals surface area contributed by atoms with Gasteiger partial charge in [-0.25, -0.2) is 4.79 Å². The first-order chi connectivity index (χ1) is 14.2. The van der Waals surface area contributed by atoms with Crippen molar-refractivity contribution in [1.82, 2.24) is 5.32 Å². The summed E-state index contributed by atoms with van der Waals surface area (Å²) in [6, 6.07) is 12.6. The Bertz CT molecular complexity index is 934. The Labute approximate surface area is 185 Å². The molecule has 0 aliphatic carbocycles. The first kappa shape index (κ1) is 22.4. The van der Waals surface area contributed by atoms with Crippen molar-refractivity contribution in [2.75, 3.05) is 6.61 Å². The largest absolute Gasteiger partial charge is 0.480 e. The summed E-state index contributed by atoms with van der Waals surface area (Å²) in [5.41, 5.74) is 1.01. The van der Waals surface area contributed by atoms with Crippen LogP contribution in [0.2, 0.25) is 10.0 Å². The lowest BCUT2D eigenvalue weighted by molar-refractivity contribution is -0.139. The summed E-state index contributed by atoms with van der Waals surface area (Å²) in [6.07, 6.45) is 0.250. The van der Waals surface area contributed by atoms with E-state index in [-0.39, 0.29) is 17.8 Å². The smallest absolute Gasteiger partial charge is 0.341 e. The third kappa shape index (κ3) is 5.45. The number of carbonyl (C=O) groups is 2. The van der Waals surface area contributed by atoms with Crippen molar-refractivity contribution in [3.63, 3.8) is 0 Å². The molecule has 1 saturated heterocycles. The average Bonchev–Trinajstić information content (AvgIpc) is 2.65. The van der Waals surface area contributed by atoms with E-state index >= 15 is 0 Å². The molecule has 0 bridgehead atoms. The van der Waals surface area contributed by atoms with E-state index in [1.165, 1.54) is 6.92 Å². The predicted molar refractivity (Wildman–Crippen MR) is 114 cm³/mol. The monoisotopic (exact) mass is 451 g/mol. The molecule has 0 radical (unpaired) electrons. The molecule has 0 unspecified atom stereocenters. The van der Waals surface area contributed by atoms with Gasteiger partial charge in [-0.2, -0.15) is 0 Å². The summed E-state index contributed by atoms with van der Waals surface area (Å²) in [6.45, 7) is 2.93. The minimum Gasteiger partial charge on any atom is -0.480 e. The quantitative estimate of drug-likeness (QED) is 0.649. The van der Waals surface area contributed by atoms with E-state index in [1.807, 2.05) is 19.1 Å². The fourth-order valence-corrected chi connectivity index (χ4v) is 4.21. The molecule has 1 aliphatic heterocycles. The number of benzene rings is 2. The number of carbonyl (C=O) groups excluding carboxylic acids is 1. The highest BCUT2D eigenvalue weighted by Gasteiger charge is 2.41. The number of ether oxygens (including phenoxy) is 2. The fraction of sp³-hybridized carbons (Fsp3) is 0.364. The van der Waals surface area contributed by atoms with Gasteiger partial charge in [0.1, 0.15) is 5.75 Å². The zero-order chi connectivity index (χ0) is 21.9. The topological polar surface area (TPSA) is 84.9 Å². The second kappa shape index (κ2) is 9.25. The minimum absolute atomic E-state index is 0.138. The van der Waals surface area contributed by atoms with E-state index in [0.29, 0.717) is 28.5 Å². The van der Waals surface area contributed by atoms with Crippen molar-refractivity contribution in [2.24, 2.45) is 0 Å². The molecule has 3 atom stereocenters. The van der Waals surface area contributed by atoms with Crippen molar-refractivity contribution in [3.05, 3.63) is 63.6 Å². The molecule has 30 heavy (non-hydrogen) atoms. The molecule has 1 heterocycles. The molecule has 0 saturated carbocycles. The lowest BCUT2D eigenvalue weighted by Gasteiger charge is -2.43. The Kier molecular flexibility index (Phi) is 6.91. The molecule has 1 aliphatic rings. The number of hydrogen-bond donors (Lipinski definition) is 2. The number of hydrogen-bond acceptors (Lipinski definition) is 4. The maximum Gasteiger partial charge on any atom is 0.341 e. The van der Waals surface area contributed by atoms with Gasteiger partial charge in [0.05, 0.1) is 17.2 Å². The highest BCUT2D eigenvalue weighted by molar-refractivity contribution is 6.32. The Hall–Kier alpha value is -2.28. The molecule has 6 nitrogen and oxygen atoms in total. The molecule has 3 rings (SSSR count). The van der Waals surface area contributed by atoms with Gasteiger partial charge in [0.15, 0.2) is 6.61 Å². The molecule has 2 aromatic carbocycles. The third-order valence-electron chi connectivity index (χ3n) is 5.00. The highest BCUT2D eigenvalue weighted by atomic mass is 35.5. The van der Waals surface area contributed by atoms with Gasteiger partial charge in [0, 0.05) is 35.9 Å². The number of rotatable bonds is 6. The lowest BCUT2D eigenvalue weighted by Crippen LogP contribution is -2.50. The van der Waals surface area contributed by atoms with Crippen LogP contribution in [0.5, 0.6) is 5.75 Å². The summed E-state index contributed by atoms with van der Waals surface area (Å²) < 4.78 is 11.9. The minimum atomic E-state index is -1.10. The average molecular weight is 452 g/mol. The second-order valence-corrected chi connectivity index (χ2v) is 8.50. The van der Waals surface area contributed by atoms with Gasteiger partial charge in [0.25, 0.3) is 0 Å². The number of nitrogens with one attached hydrogen (secondary N) is 1. The van der Waals surface area contributed by atoms with Crippen molar-refractivity contribution in [1.29, 1.82) is 0 Å². The molecular formula is C22H23Cl2NO5. The number of carboxylic acids is 1. The fourth-order valence-electron chi connectivity index (χ4n) is 3.85. The third-order valence-corrected chi connectivity index (χ3v) is 5.55. The molecule has 0 aromatic heterocycles. The number of aliphatic carboxylic acids is 1. The maximum atomic E-state index is 11.9. The Morgan fingerprint density at radius 3 is 2.47 bits per heavy atom. The standard InChI is InChI=1S/C22H23Cl2NO5/c1-13(26)25-22(2)10-18(14-6-8-15(23)9-7-14)30-19(11-22)16-4-3-5-17(24)21(16)29-12-20(27)28/h3-9,18-19H,10-12H2,1-2H3,(H,25,26)(H,27,28)/t18-,19+,22-/m0/s1. The van der Waals surface area contributed by atoms with Crippen LogP contribution in [-0.4, -0.2) is 29.1 Å². The summed E-state index contributed by atoms with van der Waals surface area (Å²) in [4.78, 5) is 22.9. The van der Waals surface area contributed by atoms with Crippen LogP contribution >= 0.6 is 23.2 Å². The van der Waals surface area contributed by atoms with Crippen LogP contribution in [-0.2, 0) is 14.3 Å². The summed E-state index contributed by atoms with van der Waals surface area (Å²) in [5.74, 6) is -0.970. The first-order valence-corrected chi connectivity index (χ1v) is 10.2. The van der Waals surface area contributed by atoms with Crippen LogP contribution in [0.15, 0.2) is 42.5 Å². The van der Waals surface area contributed by atoms with Gasteiger partial charge < -0.3 is 19.9 Å². The molecule has 8 heteroatoms. The van der Waals surface area contributed by atoms with Crippen LogP contribution < -0.4 is 10.1 Å². The van der Waals surface area contributed by atoms with Crippen molar-refractivity contribution >= 4 is 35.1 Å². The number of carboxylic acid groups (broad SMARTS) is 1. The van der Waals surface area contributed by atoms with E-state index in [9.17, 15) is 9.59 Å². The van der Waals surface area contributed by atoms with Crippen LogP contribution in [0.25, 0.3) is 0 Å². The second-order valence-electron chi connectivity index (χ2n) is 7.66. The normalized spacial score (nSPS) is 23.6. The molecular weight excluding hydrogens is 429 g/mol. The summed E-state index contributed by atoms with van der Waals surface area (Å²) >= 11 is 12.3. The Morgan fingerprint density at radius 2 is 1.83 bits per heavy atom.